The predicted molar refractivity (Wildman–Crippen MR) is 556 cm³/mol. The smallest absolute Gasteiger partial charge is 0.0780 e. The van der Waals surface area contributed by atoms with Gasteiger partial charge in [-0.1, -0.05) is 96.9 Å². The number of β-amino-alcohol motifs (C(OH)–C–C–N with tert-alkyl or cyclic N) is 2. The Balaban J connectivity index is 0.000000195. The number of piperidine rings is 7. The minimum atomic E-state index is -0.208. The lowest BCUT2D eigenvalue weighted by atomic mass is 9.99. The number of ether oxygens (including phenoxy) is 4. The molecule has 0 aromatic carbocycles. The summed E-state index contributed by atoms with van der Waals surface area (Å²) in [6, 6.07) is 30.4. The van der Waals surface area contributed by atoms with E-state index in [0.29, 0.717) is 41.4 Å². The molecule has 7 aromatic heterocycles. The van der Waals surface area contributed by atoms with Gasteiger partial charge in [0, 0.05) is 153 Å². The second-order valence-electron chi connectivity index (χ2n) is 41.1. The van der Waals surface area contributed by atoms with E-state index in [1.165, 1.54) is 17.1 Å². The van der Waals surface area contributed by atoms with Gasteiger partial charge in [-0.2, -0.15) is 0 Å². The van der Waals surface area contributed by atoms with Gasteiger partial charge in [0.25, 0.3) is 0 Å². The molecule has 0 radical (unpaired) electrons. The molecule has 0 unspecified atom stereocenters. The highest BCUT2D eigenvalue weighted by Crippen LogP contribution is 2.35. The maximum atomic E-state index is 9.88. The van der Waals surface area contributed by atoms with Crippen molar-refractivity contribution in [1.82, 2.24) is 49.6 Å². The van der Waals surface area contributed by atoms with Crippen LogP contribution in [-0.4, -0.2) is 315 Å². The number of rotatable bonds is 28. The van der Waals surface area contributed by atoms with Gasteiger partial charge in [-0.05, 0) is 259 Å². The van der Waals surface area contributed by atoms with Crippen molar-refractivity contribution >= 4 is 39.8 Å². The topological polar surface area (TPSA) is 301 Å². The van der Waals surface area contributed by atoms with Crippen LogP contribution in [0.4, 0.5) is 39.8 Å². The third-order valence-electron chi connectivity index (χ3n) is 27.0. The molecule has 14 rings (SSSR count). The number of anilines is 7. The molecule has 0 saturated carbocycles. The van der Waals surface area contributed by atoms with Crippen molar-refractivity contribution in [2.75, 3.05) is 197 Å². The SMILES string of the molecule is CC(C)c1ccc(N2CCC(O)CC2)c(CN(C)C)n1.CC(C)c1ccc(N2CCC[C@@H](O)C2)c(CN(C)C)n1.CC(C)c1ccc(N2CCC[C@H](O)C2)c(CN(C)C)n1.CO[C@@H]1CC[C@@H](CO)N(c2ccc(C(C)C)nc2)C1.CO[C@@H]1CC[C@H](CO)N(c2ccc(C(C)C)nc2)C1.CO[C@H]1CC[C@@H](CO)N(c2ccc(C(C)C)nc2)C1.CO[C@H]1CC[C@H](CO)N(c2ccc(C(C)C)nc2)C1. The van der Waals surface area contributed by atoms with Gasteiger partial charge in [-0.25, -0.2) is 0 Å². The Labute approximate surface area is 818 Å². The average Bonchev–Trinajstić information content (AvgIpc) is 0.807. The van der Waals surface area contributed by atoms with E-state index in [1.807, 2.05) is 24.8 Å². The minimum Gasteiger partial charge on any atom is -0.394 e. The first-order valence-corrected chi connectivity index (χ1v) is 50.7. The minimum absolute atomic E-state index is 0.133. The summed E-state index contributed by atoms with van der Waals surface area (Å²) >= 11 is 0. The molecule has 7 saturated heterocycles. The van der Waals surface area contributed by atoms with Crippen molar-refractivity contribution in [3.63, 3.8) is 0 Å². The van der Waals surface area contributed by atoms with Gasteiger partial charge in [-0.3, -0.25) is 34.9 Å². The second-order valence-corrected chi connectivity index (χ2v) is 41.1. The quantitative estimate of drug-likeness (QED) is 0.0240. The molecule has 0 amide bonds. The van der Waals surface area contributed by atoms with Crippen LogP contribution in [0.15, 0.2) is 110 Å². The van der Waals surface area contributed by atoms with E-state index in [4.69, 9.17) is 33.9 Å². The van der Waals surface area contributed by atoms with Crippen LogP contribution in [0.1, 0.15) is 285 Å². The number of aliphatic hydroxyl groups excluding tert-OH is 7. The first kappa shape index (κ1) is 113. The zero-order chi connectivity index (χ0) is 99.4. The van der Waals surface area contributed by atoms with Crippen LogP contribution >= 0.6 is 0 Å². The highest BCUT2D eigenvalue weighted by Gasteiger charge is 2.34. The fraction of sp³-hybridized carbons (Fsp3) is 0.676. The molecule has 0 spiro atoms. The maximum absolute atomic E-state index is 9.88. The fourth-order valence-corrected chi connectivity index (χ4v) is 18.5. The van der Waals surface area contributed by atoms with Crippen LogP contribution in [0.5, 0.6) is 0 Å². The molecule has 14 heterocycles. The van der Waals surface area contributed by atoms with Crippen LogP contribution in [0.3, 0.4) is 0 Å². The van der Waals surface area contributed by atoms with Gasteiger partial charge in [0.2, 0.25) is 0 Å². The van der Waals surface area contributed by atoms with Crippen molar-refractivity contribution in [2.24, 2.45) is 0 Å². The summed E-state index contributed by atoms with van der Waals surface area (Å²) < 4.78 is 21.8. The number of aromatic nitrogens is 7. The molecule has 760 valence electrons. The van der Waals surface area contributed by atoms with E-state index in [0.717, 1.165) is 255 Å². The lowest BCUT2D eigenvalue weighted by Gasteiger charge is -2.39. The largest absolute Gasteiger partial charge is 0.394 e. The molecular formula is C108H177N17O11. The van der Waals surface area contributed by atoms with Crippen LogP contribution < -0.4 is 34.3 Å². The van der Waals surface area contributed by atoms with Crippen molar-refractivity contribution in [2.45, 2.75) is 315 Å². The van der Waals surface area contributed by atoms with Gasteiger partial charge < -0.3 is 104 Å². The first-order valence-electron chi connectivity index (χ1n) is 50.7. The zero-order valence-corrected chi connectivity index (χ0v) is 87.6. The molecule has 0 aliphatic carbocycles. The molecule has 7 fully saturated rings. The molecular weight excluding hydrogens is 1710 g/mol. The van der Waals surface area contributed by atoms with E-state index < -0.39 is 0 Å². The number of aliphatic hydroxyl groups is 7. The maximum Gasteiger partial charge on any atom is 0.0780 e. The van der Waals surface area contributed by atoms with Crippen LogP contribution in [0.2, 0.25) is 0 Å². The highest BCUT2D eigenvalue weighted by molar-refractivity contribution is 5.56. The van der Waals surface area contributed by atoms with Gasteiger partial charge in [0.1, 0.15) is 0 Å². The second kappa shape index (κ2) is 57.7. The van der Waals surface area contributed by atoms with Gasteiger partial charge in [0.15, 0.2) is 0 Å². The number of methoxy groups -OCH3 is 4. The van der Waals surface area contributed by atoms with Crippen LogP contribution in [-0.2, 0) is 38.6 Å². The molecule has 7 aliphatic rings. The molecule has 136 heavy (non-hydrogen) atoms. The lowest BCUT2D eigenvalue weighted by molar-refractivity contribution is 0.0743. The van der Waals surface area contributed by atoms with E-state index in [9.17, 15) is 35.7 Å². The molecule has 7 aliphatic heterocycles. The molecule has 0 bridgehead atoms. The lowest BCUT2D eigenvalue weighted by Crippen LogP contribution is -2.48. The fourth-order valence-electron chi connectivity index (χ4n) is 18.5. The Bertz CT molecular complexity index is 4080. The summed E-state index contributed by atoms with van der Waals surface area (Å²) in [7, 11) is 19.4. The number of hydrogen-bond donors (Lipinski definition) is 7. The standard InChI is InChI=1S/3C16H27N3O.4C15H24N2O2/c1-12(2)14-5-6-16(15(17-14)11-18(3)4)19-9-7-13(20)8-10-19;2*1-12(2)14-7-8-16(15(17-14)11-18(3)4)19-9-5-6-13(20)10-19;4*1-11(2)15-7-5-12(8-16-15)17-9-14(19-3)6-4-13(17)10-18/h5-6,12-13,20H,7-11H2,1-4H3;2*7-8,12-13,20H,5-6,9-11H2,1-4H3;4*5,7-8,11,13-14,18H,4,6,9-10H2,1-3H3/t;2*13-;2*13-,14+;2*13-,14-/m.101010/s1. The van der Waals surface area contributed by atoms with E-state index in [1.54, 1.807) is 28.4 Å². The monoisotopic (exact) mass is 1890 g/mol. The average molecular weight is 1890 g/mol. The Hall–Kier alpha value is -7.91. The predicted octanol–water partition coefficient (Wildman–Crippen LogP) is 15.4. The molecule has 7 N–H and O–H groups in total. The van der Waals surface area contributed by atoms with Gasteiger partial charge >= 0.3 is 0 Å². The zero-order valence-electron chi connectivity index (χ0n) is 87.6. The summed E-state index contributed by atoms with van der Waals surface area (Å²) in [5.74, 6) is 3.10. The highest BCUT2D eigenvalue weighted by atomic mass is 16.5. The molecule has 28 heteroatoms. The summed E-state index contributed by atoms with van der Waals surface area (Å²) in [6.45, 7) is 42.0. The van der Waals surface area contributed by atoms with Crippen LogP contribution in [0.25, 0.3) is 0 Å². The Morgan fingerprint density at radius 2 is 0.522 bits per heavy atom. The number of pyridine rings is 7. The summed E-state index contributed by atoms with van der Waals surface area (Å²) in [5, 5.41) is 67.5. The first-order chi connectivity index (χ1) is 65.0. The number of hydrogen-bond acceptors (Lipinski definition) is 28. The van der Waals surface area contributed by atoms with Crippen molar-refractivity contribution in [3.8, 4) is 0 Å². The van der Waals surface area contributed by atoms with E-state index in [-0.39, 0.29) is 93.3 Å². The molecule has 7 aromatic rings. The summed E-state index contributed by atoms with van der Waals surface area (Å²) in [6.07, 6.45) is 21.6. The Morgan fingerprint density at radius 3 is 0.721 bits per heavy atom. The van der Waals surface area contributed by atoms with Crippen molar-refractivity contribution < 1.29 is 54.7 Å². The molecule has 10 atom stereocenters. The van der Waals surface area contributed by atoms with Crippen LogP contribution in [0, 0.1) is 0 Å². The summed E-state index contributed by atoms with van der Waals surface area (Å²) in [4.78, 5) is 54.8. The van der Waals surface area contributed by atoms with E-state index >= 15 is 0 Å². The normalized spacial score (nSPS) is 21.8. The Morgan fingerprint density at radius 1 is 0.287 bits per heavy atom. The van der Waals surface area contributed by atoms with E-state index in [2.05, 4.69) is 293 Å². The van der Waals surface area contributed by atoms with Gasteiger partial charge in [-0.15, -0.1) is 0 Å². The Kier molecular flexibility index (Phi) is 48.1. The van der Waals surface area contributed by atoms with Crippen molar-refractivity contribution in [3.05, 3.63) is 167 Å². The number of nitrogens with zero attached hydrogens (tertiary/aromatic N) is 17. The summed E-state index contributed by atoms with van der Waals surface area (Å²) in [5.41, 5.74) is 19.1. The third kappa shape index (κ3) is 35.1. The molecule has 28 nitrogen and oxygen atoms in total. The third-order valence-corrected chi connectivity index (χ3v) is 27.0. The van der Waals surface area contributed by atoms with Crippen molar-refractivity contribution in [1.29, 1.82) is 0 Å². The van der Waals surface area contributed by atoms with Gasteiger partial charge in [0.05, 0.1) is 175 Å².